The number of benzene rings is 2. The van der Waals surface area contributed by atoms with E-state index in [9.17, 15) is 9.59 Å². The Labute approximate surface area is 149 Å². The van der Waals surface area contributed by atoms with Gasteiger partial charge in [0, 0.05) is 26.6 Å². The maximum Gasteiger partial charge on any atom is 0.328 e. The van der Waals surface area contributed by atoms with E-state index in [1.165, 1.54) is 0 Å². The fourth-order valence-electron chi connectivity index (χ4n) is 3.13. The molecule has 2 aromatic carbocycles. The van der Waals surface area contributed by atoms with Crippen LogP contribution in [0.2, 0.25) is 0 Å². The summed E-state index contributed by atoms with van der Waals surface area (Å²) < 4.78 is 13.8. The molecule has 1 aromatic heterocycles. The Morgan fingerprint density at radius 3 is 2.73 bits per heavy atom. The number of carbonyl (C=O) groups is 1. The number of para-hydroxylation sites is 2. The van der Waals surface area contributed by atoms with E-state index in [-0.39, 0.29) is 24.8 Å². The number of carbonyl (C=O) groups excluding carboxylic acids is 1. The molecule has 0 saturated carbocycles. The van der Waals surface area contributed by atoms with Gasteiger partial charge < -0.3 is 14.8 Å². The van der Waals surface area contributed by atoms with E-state index >= 15 is 0 Å². The Bertz CT molecular complexity index is 1030. The van der Waals surface area contributed by atoms with Crippen LogP contribution in [0.15, 0.2) is 47.3 Å². The summed E-state index contributed by atoms with van der Waals surface area (Å²) in [6.45, 7) is 0.970. The molecule has 2 heterocycles. The first-order chi connectivity index (χ1) is 12.6. The number of hydrogen-bond acceptors (Lipinski definition) is 4. The summed E-state index contributed by atoms with van der Waals surface area (Å²) in [5, 5.41) is 2.88. The van der Waals surface area contributed by atoms with Gasteiger partial charge in [-0.15, -0.1) is 0 Å². The van der Waals surface area contributed by atoms with Gasteiger partial charge in [0.15, 0.2) is 11.5 Å². The van der Waals surface area contributed by atoms with E-state index < -0.39 is 0 Å². The van der Waals surface area contributed by atoms with Crippen molar-refractivity contribution in [3.63, 3.8) is 0 Å². The third-order valence-electron chi connectivity index (χ3n) is 4.54. The lowest BCUT2D eigenvalue weighted by atomic mass is 10.2. The monoisotopic (exact) mass is 353 g/mol. The second-order valence-corrected chi connectivity index (χ2v) is 6.20. The molecule has 0 unspecified atom stereocenters. The molecule has 0 radical (unpaired) electrons. The van der Waals surface area contributed by atoms with Crippen LogP contribution in [0.4, 0.5) is 0 Å². The van der Waals surface area contributed by atoms with Gasteiger partial charge in [0.2, 0.25) is 12.7 Å². The van der Waals surface area contributed by atoms with E-state index in [4.69, 9.17) is 9.47 Å². The third-order valence-corrected chi connectivity index (χ3v) is 4.54. The number of nitrogens with zero attached hydrogens (tertiary/aromatic N) is 2. The zero-order chi connectivity index (χ0) is 18.1. The summed E-state index contributed by atoms with van der Waals surface area (Å²) in [6, 6.07) is 13.1. The molecule has 1 N–H and O–H groups in total. The van der Waals surface area contributed by atoms with E-state index in [1.807, 2.05) is 42.5 Å². The Hall–Kier alpha value is -3.22. The van der Waals surface area contributed by atoms with Crippen LogP contribution in [0.25, 0.3) is 11.0 Å². The van der Waals surface area contributed by atoms with Crippen molar-refractivity contribution in [2.24, 2.45) is 7.05 Å². The Morgan fingerprint density at radius 1 is 1.12 bits per heavy atom. The number of ether oxygens (including phenoxy) is 2. The van der Waals surface area contributed by atoms with Gasteiger partial charge in [-0.1, -0.05) is 18.2 Å². The molecule has 0 atom stereocenters. The van der Waals surface area contributed by atoms with Crippen molar-refractivity contribution in [2.75, 3.05) is 6.79 Å². The van der Waals surface area contributed by atoms with Crippen LogP contribution >= 0.6 is 0 Å². The number of amides is 1. The van der Waals surface area contributed by atoms with Gasteiger partial charge in [-0.3, -0.25) is 13.9 Å². The number of aryl methyl sites for hydroxylation is 2. The van der Waals surface area contributed by atoms with Gasteiger partial charge >= 0.3 is 5.69 Å². The first-order valence-corrected chi connectivity index (χ1v) is 8.43. The van der Waals surface area contributed by atoms with Crippen LogP contribution < -0.4 is 20.5 Å². The quantitative estimate of drug-likeness (QED) is 0.759. The van der Waals surface area contributed by atoms with Crippen LogP contribution in [0.3, 0.4) is 0 Å². The highest BCUT2D eigenvalue weighted by atomic mass is 16.7. The van der Waals surface area contributed by atoms with Crippen LogP contribution in [0.5, 0.6) is 11.5 Å². The minimum atomic E-state index is -0.116. The predicted molar refractivity (Wildman–Crippen MR) is 96.2 cm³/mol. The lowest BCUT2D eigenvalue weighted by Gasteiger charge is -2.07. The molecule has 1 aliphatic heterocycles. The number of hydrogen-bond donors (Lipinski definition) is 1. The fraction of sp³-hybridized carbons (Fsp3) is 0.263. The standard InChI is InChI=1S/C19H19N3O4/c1-21-14-4-2-3-5-15(14)22(19(21)24)9-8-18(23)20-11-13-6-7-16-17(10-13)26-12-25-16/h2-7,10H,8-9,11-12H2,1H3,(H,20,23). The molecule has 0 fully saturated rings. The smallest absolute Gasteiger partial charge is 0.328 e. The highest BCUT2D eigenvalue weighted by Crippen LogP contribution is 2.32. The molecule has 26 heavy (non-hydrogen) atoms. The first-order valence-electron chi connectivity index (χ1n) is 8.43. The molecular formula is C19H19N3O4. The Morgan fingerprint density at radius 2 is 1.88 bits per heavy atom. The number of imidazole rings is 1. The summed E-state index contributed by atoms with van der Waals surface area (Å²) in [7, 11) is 1.74. The Balaban J connectivity index is 1.39. The largest absolute Gasteiger partial charge is 0.454 e. The molecule has 4 rings (SSSR count). The maximum atomic E-state index is 12.4. The van der Waals surface area contributed by atoms with Crippen molar-refractivity contribution in [3.05, 3.63) is 58.5 Å². The molecule has 0 spiro atoms. The van der Waals surface area contributed by atoms with Gasteiger partial charge in [-0.25, -0.2) is 4.79 Å². The average molecular weight is 353 g/mol. The predicted octanol–water partition coefficient (Wildman–Crippen LogP) is 1.78. The molecule has 0 aliphatic carbocycles. The van der Waals surface area contributed by atoms with Crippen LogP contribution in [0, 0.1) is 0 Å². The molecule has 0 saturated heterocycles. The first kappa shape index (κ1) is 16.3. The lowest BCUT2D eigenvalue weighted by molar-refractivity contribution is -0.121. The van der Waals surface area contributed by atoms with Crippen molar-refractivity contribution >= 4 is 16.9 Å². The number of rotatable bonds is 5. The van der Waals surface area contributed by atoms with Crippen molar-refractivity contribution in [2.45, 2.75) is 19.5 Å². The van der Waals surface area contributed by atoms with Gasteiger partial charge in [0.1, 0.15) is 0 Å². The van der Waals surface area contributed by atoms with Crippen molar-refractivity contribution in [1.29, 1.82) is 0 Å². The molecule has 0 bridgehead atoms. The SMILES string of the molecule is Cn1c(=O)n(CCC(=O)NCc2ccc3c(c2)OCO3)c2ccccc21. The van der Waals surface area contributed by atoms with Crippen molar-refractivity contribution in [1.82, 2.24) is 14.5 Å². The molecule has 1 amide bonds. The van der Waals surface area contributed by atoms with Gasteiger partial charge in [0.25, 0.3) is 0 Å². The Kier molecular flexibility index (Phi) is 4.12. The van der Waals surface area contributed by atoms with Crippen LogP contribution in [-0.2, 0) is 24.9 Å². The average Bonchev–Trinajstić information content (AvgIpc) is 3.22. The molecule has 7 heteroatoms. The molecule has 1 aliphatic rings. The summed E-state index contributed by atoms with van der Waals surface area (Å²) in [5.41, 5.74) is 2.52. The number of nitrogens with one attached hydrogen (secondary N) is 1. The second-order valence-electron chi connectivity index (χ2n) is 6.20. The minimum absolute atomic E-state index is 0.109. The van der Waals surface area contributed by atoms with Gasteiger partial charge in [-0.2, -0.15) is 0 Å². The van der Waals surface area contributed by atoms with Crippen LogP contribution in [0.1, 0.15) is 12.0 Å². The van der Waals surface area contributed by atoms with E-state index in [2.05, 4.69) is 5.32 Å². The number of fused-ring (bicyclic) bond motifs is 2. The molecular weight excluding hydrogens is 334 g/mol. The second kappa shape index (κ2) is 6.59. The highest BCUT2D eigenvalue weighted by molar-refractivity contribution is 5.78. The summed E-state index contributed by atoms with van der Waals surface area (Å²) >= 11 is 0. The van der Waals surface area contributed by atoms with E-state index in [1.54, 1.807) is 16.2 Å². The molecule has 7 nitrogen and oxygen atoms in total. The zero-order valence-electron chi connectivity index (χ0n) is 14.4. The lowest BCUT2D eigenvalue weighted by Crippen LogP contribution is -2.27. The normalized spacial score (nSPS) is 12.5. The van der Waals surface area contributed by atoms with E-state index in [0.717, 1.165) is 22.3 Å². The zero-order valence-corrected chi connectivity index (χ0v) is 14.4. The van der Waals surface area contributed by atoms with Gasteiger partial charge in [-0.05, 0) is 29.8 Å². The summed E-state index contributed by atoms with van der Waals surface area (Å²) in [6.07, 6.45) is 0.235. The maximum absolute atomic E-state index is 12.4. The fourth-order valence-corrected chi connectivity index (χ4v) is 3.13. The molecule has 134 valence electrons. The van der Waals surface area contributed by atoms with E-state index in [0.29, 0.717) is 18.8 Å². The number of aromatic nitrogens is 2. The van der Waals surface area contributed by atoms with Crippen molar-refractivity contribution < 1.29 is 14.3 Å². The minimum Gasteiger partial charge on any atom is -0.454 e. The van der Waals surface area contributed by atoms with Gasteiger partial charge in [0.05, 0.1) is 11.0 Å². The topological polar surface area (TPSA) is 74.5 Å². The van der Waals surface area contributed by atoms with Crippen molar-refractivity contribution in [3.8, 4) is 11.5 Å². The highest BCUT2D eigenvalue weighted by Gasteiger charge is 2.14. The summed E-state index contributed by atoms with van der Waals surface area (Å²) in [4.78, 5) is 24.5. The summed E-state index contributed by atoms with van der Waals surface area (Å²) in [5.74, 6) is 1.30. The van der Waals surface area contributed by atoms with Crippen LogP contribution in [-0.4, -0.2) is 21.8 Å². The molecule has 3 aromatic rings. The third kappa shape index (κ3) is 2.92.